The van der Waals surface area contributed by atoms with E-state index in [1.54, 1.807) is 11.9 Å². The molecule has 1 fully saturated rings. The van der Waals surface area contributed by atoms with Crippen LogP contribution in [0.4, 0.5) is 0 Å². The number of carbonyl (C=O) groups is 1. The van der Waals surface area contributed by atoms with Gasteiger partial charge in [-0.05, 0) is 37.1 Å². The van der Waals surface area contributed by atoms with E-state index in [1.165, 1.54) is 0 Å². The zero-order chi connectivity index (χ0) is 14.0. The number of hydrogen-bond donors (Lipinski definition) is 1. The van der Waals surface area contributed by atoms with Crippen LogP contribution in [-0.2, 0) is 11.2 Å². The number of hydrogen-bond acceptors (Lipinski definition) is 3. The lowest BCUT2D eigenvalue weighted by Crippen LogP contribution is -2.30. The van der Waals surface area contributed by atoms with E-state index in [2.05, 4.69) is 15.9 Å². The molecule has 2 unspecified atom stereocenters. The summed E-state index contributed by atoms with van der Waals surface area (Å²) in [7, 11) is 1.80. The number of nitrogens with zero attached hydrogens (tertiary/aromatic N) is 1. The number of carbonyl (C=O) groups excluding carboxylic acids is 1. The van der Waals surface area contributed by atoms with E-state index in [1.807, 2.05) is 25.1 Å². The highest BCUT2D eigenvalue weighted by Gasteiger charge is 2.31. The summed E-state index contributed by atoms with van der Waals surface area (Å²) >= 11 is 3.45. The van der Waals surface area contributed by atoms with Gasteiger partial charge in [0, 0.05) is 30.5 Å². The van der Waals surface area contributed by atoms with Crippen molar-refractivity contribution in [1.29, 1.82) is 0 Å². The molecule has 1 aliphatic rings. The lowest BCUT2D eigenvalue weighted by Gasteiger charge is -2.17. The molecule has 19 heavy (non-hydrogen) atoms. The van der Waals surface area contributed by atoms with Crippen molar-refractivity contribution >= 4 is 21.8 Å². The van der Waals surface area contributed by atoms with Crippen LogP contribution in [0.2, 0.25) is 0 Å². The molecule has 5 heteroatoms. The Morgan fingerprint density at radius 1 is 1.58 bits per heavy atom. The minimum absolute atomic E-state index is 0.0506. The van der Waals surface area contributed by atoms with Crippen LogP contribution < -0.4 is 10.5 Å². The van der Waals surface area contributed by atoms with Crippen molar-refractivity contribution < 1.29 is 9.53 Å². The number of nitrogens with two attached hydrogens (primary N) is 1. The van der Waals surface area contributed by atoms with E-state index >= 15 is 0 Å². The largest absolute Gasteiger partial charge is 0.480 e. The fraction of sp³-hybridized carbons (Fsp3) is 0.500. The molecule has 1 saturated heterocycles. The molecule has 1 heterocycles. The van der Waals surface area contributed by atoms with E-state index in [0.717, 1.165) is 35.2 Å². The number of likely N-dealkylation sites (tertiary alicyclic amines) is 1. The summed E-state index contributed by atoms with van der Waals surface area (Å²) in [5.41, 5.74) is 6.89. The minimum Gasteiger partial charge on any atom is -0.480 e. The Labute approximate surface area is 122 Å². The first kappa shape index (κ1) is 14.3. The molecule has 0 aromatic heterocycles. The second-order valence-electron chi connectivity index (χ2n) is 5.09. The van der Waals surface area contributed by atoms with E-state index in [4.69, 9.17) is 10.5 Å². The van der Waals surface area contributed by atoms with Crippen LogP contribution in [-0.4, -0.2) is 36.5 Å². The Balaban J connectivity index is 2.17. The van der Waals surface area contributed by atoms with E-state index in [9.17, 15) is 4.79 Å². The maximum atomic E-state index is 11.9. The second kappa shape index (κ2) is 5.92. The molecular formula is C14H19BrN2O2. The first-order valence-corrected chi connectivity index (χ1v) is 7.22. The average molecular weight is 327 g/mol. The van der Waals surface area contributed by atoms with Crippen LogP contribution in [0.3, 0.4) is 0 Å². The first-order valence-electron chi connectivity index (χ1n) is 6.43. The van der Waals surface area contributed by atoms with Gasteiger partial charge in [-0.25, -0.2) is 0 Å². The Hall–Kier alpha value is -1.07. The zero-order valence-electron chi connectivity index (χ0n) is 11.2. The van der Waals surface area contributed by atoms with Crippen molar-refractivity contribution in [2.75, 3.05) is 13.6 Å². The topological polar surface area (TPSA) is 55.6 Å². The van der Waals surface area contributed by atoms with Gasteiger partial charge in [0.05, 0.1) is 0 Å². The molecule has 0 spiro atoms. The number of rotatable bonds is 4. The first-order chi connectivity index (χ1) is 8.97. The van der Waals surface area contributed by atoms with Gasteiger partial charge in [-0.15, -0.1) is 0 Å². The van der Waals surface area contributed by atoms with Gasteiger partial charge in [-0.3, -0.25) is 4.79 Å². The average Bonchev–Trinajstić information content (AvgIpc) is 2.64. The zero-order valence-corrected chi connectivity index (χ0v) is 12.8. The van der Waals surface area contributed by atoms with E-state index < -0.39 is 0 Å². The molecule has 2 rings (SSSR count). The number of likely N-dealkylation sites (N-methyl/N-ethyl adjacent to an activating group) is 1. The fourth-order valence-corrected chi connectivity index (χ4v) is 2.63. The van der Waals surface area contributed by atoms with Gasteiger partial charge in [0.15, 0.2) is 6.10 Å². The maximum absolute atomic E-state index is 11.9. The highest BCUT2D eigenvalue weighted by molar-refractivity contribution is 9.10. The molecule has 1 aliphatic heterocycles. The van der Waals surface area contributed by atoms with Crippen LogP contribution in [0.5, 0.6) is 5.75 Å². The molecule has 1 amide bonds. The Kier molecular flexibility index (Phi) is 4.47. The van der Waals surface area contributed by atoms with Crippen molar-refractivity contribution in [2.45, 2.75) is 31.9 Å². The summed E-state index contributed by atoms with van der Waals surface area (Å²) in [6, 6.07) is 5.87. The Morgan fingerprint density at radius 3 is 2.89 bits per heavy atom. The highest BCUT2D eigenvalue weighted by Crippen LogP contribution is 2.27. The summed E-state index contributed by atoms with van der Waals surface area (Å²) in [5, 5.41) is 0. The maximum Gasteiger partial charge on any atom is 0.263 e. The van der Waals surface area contributed by atoms with Crippen molar-refractivity contribution in [3.8, 4) is 5.75 Å². The van der Waals surface area contributed by atoms with Gasteiger partial charge in [-0.2, -0.15) is 0 Å². The van der Waals surface area contributed by atoms with Crippen LogP contribution in [0.15, 0.2) is 22.7 Å². The molecule has 1 aromatic carbocycles. The Morgan fingerprint density at radius 2 is 2.32 bits per heavy atom. The molecular weight excluding hydrogens is 308 g/mol. The molecule has 1 aromatic rings. The Bertz CT molecular complexity index is 477. The van der Waals surface area contributed by atoms with Crippen LogP contribution >= 0.6 is 15.9 Å². The summed E-state index contributed by atoms with van der Waals surface area (Å²) in [6.07, 6.45) is 1.10. The van der Waals surface area contributed by atoms with Gasteiger partial charge in [-0.1, -0.05) is 15.9 Å². The summed E-state index contributed by atoms with van der Waals surface area (Å²) in [6.45, 7) is 2.71. The predicted molar refractivity (Wildman–Crippen MR) is 78.2 cm³/mol. The molecule has 104 valence electrons. The lowest BCUT2D eigenvalue weighted by atomic mass is 10.1. The lowest BCUT2D eigenvalue weighted by molar-refractivity contribution is -0.132. The number of ether oxygens (including phenoxy) is 1. The molecule has 0 saturated carbocycles. The molecule has 2 N–H and O–H groups in total. The number of halogens is 1. The van der Waals surface area contributed by atoms with Gasteiger partial charge < -0.3 is 15.4 Å². The monoisotopic (exact) mass is 326 g/mol. The van der Waals surface area contributed by atoms with Crippen molar-refractivity contribution in [1.82, 2.24) is 4.90 Å². The molecule has 4 nitrogen and oxygen atoms in total. The summed E-state index contributed by atoms with van der Waals surface area (Å²) < 4.78 is 6.87. The molecule has 0 bridgehead atoms. The van der Waals surface area contributed by atoms with Crippen molar-refractivity contribution in [3.63, 3.8) is 0 Å². The third-order valence-electron chi connectivity index (χ3n) is 3.21. The van der Waals surface area contributed by atoms with Crippen molar-refractivity contribution in [2.24, 2.45) is 5.73 Å². The van der Waals surface area contributed by atoms with Gasteiger partial charge >= 0.3 is 0 Å². The standard InChI is InChI=1S/C14H19BrN2O2/c1-9(16)7-10-8-11(15)3-4-12(10)19-13-5-6-17(2)14(13)18/h3-4,8-9,13H,5-7,16H2,1-2H3. The molecule has 2 atom stereocenters. The summed E-state index contributed by atoms with van der Waals surface area (Å²) in [4.78, 5) is 13.6. The number of amides is 1. The third-order valence-corrected chi connectivity index (χ3v) is 3.71. The van der Waals surface area contributed by atoms with Crippen LogP contribution in [0.25, 0.3) is 0 Å². The van der Waals surface area contributed by atoms with Crippen LogP contribution in [0, 0.1) is 0 Å². The summed E-state index contributed by atoms with van der Waals surface area (Å²) in [5.74, 6) is 0.809. The SMILES string of the molecule is CC(N)Cc1cc(Br)ccc1OC1CCN(C)C1=O. The van der Waals surface area contributed by atoms with Crippen molar-refractivity contribution in [3.05, 3.63) is 28.2 Å². The second-order valence-corrected chi connectivity index (χ2v) is 6.00. The van der Waals surface area contributed by atoms with E-state index in [-0.39, 0.29) is 18.1 Å². The minimum atomic E-state index is -0.363. The van der Waals surface area contributed by atoms with Gasteiger partial charge in [0.25, 0.3) is 5.91 Å². The quantitative estimate of drug-likeness (QED) is 0.920. The highest BCUT2D eigenvalue weighted by atomic mass is 79.9. The fourth-order valence-electron chi connectivity index (χ4n) is 2.22. The van der Waals surface area contributed by atoms with Gasteiger partial charge in [0.1, 0.15) is 5.75 Å². The smallest absolute Gasteiger partial charge is 0.263 e. The number of benzene rings is 1. The normalized spacial score (nSPS) is 20.7. The predicted octanol–water partition coefficient (Wildman–Crippen LogP) is 1.95. The van der Waals surface area contributed by atoms with Gasteiger partial charge in [0.2, 0.25) is 0 Å². The van der Waals surface area contributed by atoms with E-state index in [0.29, 0.717) is 0 Å². The molecule has 0 radical (unpaired) electrons. The molecule has 0 aliphatic carbocycles. The van der Waals surface area contributed by atoms with Crippen LogP contribution in [0.1, 0.15) is 18.9 Å². The third kappa shape index (κ3) is 3.48.